The van der Waals surface area contributed by atoms with Gasteiger partial charge in [0, 0.05) is 36.1 Å². The fourth-order valence-electron chi connectivity index (χ4n) is 6.03. The number of aryl methyl sites for hydroxylation is 1. The van der Waals surface area contributed by atoms with Gasteiger partial charge in [0.1, 0.15) is 17.8 Å². The standard InChI is InChI=1S/C27H39N5O5S/c1-19-31-21(18-38-19)24(36)29-14-8-22(34)32(26(2)9-4-3-5-10-26)27(11-7-20(17-33)28-15-12-27)23(35)25-30-13-6-16-37-25/h6,13,18,20,28,33H,3-5,7-12,14-17H2,1-2H3,(H,29,36)/t20-,27+/m1/s1. The topological polar surface area (TPSA) is 133 Å². The summed E-state index contributed by atoms with van der Waals surface area (Å²) in [4.78, 5) is 51.3. The number of amides is 2. The Bertz CT molecular complexity index is 1080. The molecule has 1 saturated heterocycles. The maximum absolute atomic E-state index is 14.3. The molecule has 3 heterocycles. The molecule has 2 amide bonds. The van der Waals surface area contributed by atoms with Gasteiger partial charge in [-0.2, -0.15) is 0 Å². The van der Waals surface area contributed by atoms with Crippen molar-refractivity contribution in [2.75, 3.05) is 26.3 Å². The van der Waals surface area contributed by atoms with Gasteiger partial charge in [-0.3, -0.25) is 14.4 Å². The van der Waals surface area contributed by atoms with Crippen LogP contribution in [0, 0.1) is 6.92 Å². The van der Waals surface area contributed by atoms with Gasteiger partial charge < -0.3 is 25.4 Å². The van der Waals surface area contributed by atoms with Crippen LogP contribution in [0.1, 0.15) is 80.2 Å². The summed E-state index contributed by atoms with van der Waals surface area (Å²) in [6, 6.07) is -0.157. The van der Waals surface area contributed by atoms with Gasteiger partial charge in [0.15, 0.2) is 0 Å². The third kappa shape index (κ3) is 6.16. The van der Waals surface area contributed by atoms with Crippen LogP contribution in [-0.2, 0) is 14.3 Å². The Kier molecular flexibility index (Phi) is 9.32. The Hall–Kier alpha value is -2.63. The van der Waals surface area contributed by atoms with Gasteiger partial charge in [0.05, 0.1) is 11.6 Å². The molecule has 11 heteroatoms. The highest BCUT2D eigenvalue weighted by Gasteiger charge is 2.55. The molecule has 2 aliphatic heterocycles. The van der Waals surface area contributed by atoms with E-state index in [-0.39, 0.29) is 55.7 Å². The van der Waals surface area contributed by atoms with E-state index in [2.05, 4.69) is 27.5 Å². The number of hydrogen-bond acceptors (Lipinski definition) is 9. The van der Waals surface area contributed by atoms with Crippen LogP contribution >= 0.6 is 11.3 Å². The minimum absolute atomic E-state index is 0.0272. The van der Waals surface area contributed by atoms with Gasteiger partial charge in [-0.15, -0.1) is 11.3 Å². The Morgan fingerprint density at radius 1 is 1.24 bits per heavy atom. The Labute approximate surface area is 227 Å². The second kappa shape index (κ2) is 12.5. The normalized spacial score (nSPS) is 25.0. The van der Waals surface area contributed by atoms with Crippen molar-refractivity contribution in [2.24, 2.45) is 4.99 Å². The number of aliphatic imine (C=N–C) groups is 1. The van der Waals surface area contributed by atoms with Crippen molar-refractivity contribution in [1.82, 2.24) is 20.5 Å². The fourth-order valence-corrected chi connectivity index (χ4v) is 6.62. The maximum atomic E-state index is 14.3. The molecule has 2 atom stereocenters. The molecule has 3 aliphatic rings. The molecule has 1 aliphatic carbocycles. The van der Waals surface area contributed by atoms with Crippen molar-refractivity contribution in [1.29, 1.82) is 0 Å². The Morgan fingerprint density at radius 3 is 2.68 bits per heavy atom. The van der Waals surface area contributed by atoms with E-state index in [1.165, 1.54) is 11.3 Å². The number of carbonyl (C=O) groups excluding carboxylic acids is 3. The van der Waals surface area contributed by atoms with Crippen molar-refractivity contribution < 1.29 is 24.2 Å². The van der Waals surface area contributed by atoms with Crippen LogP contribution in [0.2, 0.25) is 0 Å². The molecule has 38 heavy (non-hydrogen) atoms. The maximum Gasteiger partial charge on any atom is 0.270 e. The van der Waals surface area contributed by atoms with E-state index in [9.17, 15) is 19.5 Å². The predicted octanol–water partition coefficient (Wildman–Crippen LogP) is 2.51. The summed E-state index contributed by atoms with van der Waals surface area (Å²) >= 11 is 1.40. The molecule has 208 valence electrons. The second-order valence-corrected chi connectivity index (χ2v) is 11.7. The van der Waals surface area contributed by atoms with Gasteiger partial charge in [-0.1, -0.05) is 19.3 Å². The zero-order valence-electron chi connectivity index (χ0n) is 22.3. The summed E-state index contributed by atoms with van der Waals surface area (Å²) < 4.78 is 5.67. The number of nitrogens with zero attached hydrogens (tertiary/aromatic N) is 3. The minimum atomic E-state index is -1.17. The highest BCUT2D eigenvalue weighted by molar-refractivity contribution is 7.09. The number of rotatable bonds is 9. The molecule has 2 fully saturated rings. The highest BCUT2D eigenvalue weighted by atomic mass is 32.1. The van der Waals surface area contributed by atoms with E-state index in [1.807, 2.05) is 11.8 Å². The monoisotopic (exact) mass is 545 g/mol. The lowest BCUT2D eigenvalue weighted by Crippen LogP contribution is -2.67. The summed E-state index contributed by atoms with van der Waals surface area (Å²) in [5.74, 6) is -0.750. The van der Waals surface area contributed by atoms with Gasteiger partial charge in [0.25, 0.3) is 11.8 Å². The SMILES string of the molecule is Cc1nc(C(=O)NCCC(=O)N(C2(C)CCCCC2)[C@]2(C(=O)C3=NC=CCO3)CCN[C@@H](CO)CC2)cs1. The van der Waals surface area contributed by atoms with Crippen LogP contribution in [0.3, 0.4) is 0 Å². The number of aromatic nitrogens is 1. The first-order valence-corrected chi connectivity index (χ1v) is 14.5. The molecule has 4 rings (SSSR count). The number of carbonyl (C=O) groups is 3. The largest absolute Gasteiger partial charge is 0.471 e. The number of aliphatic hydroxyl groups excluding tert-OH is 1. The molecular formula is C27H39N5O5S. The first-order chi connectivity index (χ1) is 18.3. The van der Waals surface area contributed by atoms with E-state index in [4.69, 9.17) is 4.74 Å². The van der Waals surface area contributed by atoms with Crippen molar-refractivity contribution in [2.45, 2.75) is 88.8 Å². The lowest BCUT2D eigenvalue weighted by Gasteiger charge is -2.53. The number of ether oxygens (including phenoxy) is 1. The minimum Gasteiger partial charge on any atom is -0.471 e. The average Bonchev–Trinajstić information content (AvgIpc) is 3.25. The summed E-state index contributed by atoms with van der Waals surface area (Å²) in [7, 11) is 0. The fraction of sp³-hybridized carbons (Fsp3) is 0.667. The average molecular weight is 546 g/mol. The molecule has 0 spiro atoms. The van der Waals surface area contributed by atoms with Crippen LogP contribution in [0.15, 0.2) is 22.6 Å². The number of hydrogen-bond donors (Lipinski definition) is 3. The van der Waals surface area contributed by atoms with Gasteiger partial charge >= 0.3 is 0 Å². The molecule has 1 saturated carbocycles. The van der Waals surface area contributed by atoms with Crippen molar-refractivity contribution >= 4 is 34.8 Å². The smallest absolute Gasteiger partial charge is 0.270 e. The second-order valence-electron chi connectivity index (χ2n) is 10.7. The van der Waals surface area contributed by atoms with Gasteiger partial charge in [-0.25, -0.2) is 9.98 Å². The molecule has 0 radical (unpaired) electrons. The quantitative estimate of drug-likeness (QED) is 0.434. The number of aliphatic hydroxyl groups is 1. The first-order valence-electron chi connectivity index (χ1n) is 13.6. The molecule has 3 N–H and O–H groups in total. The third-order valence-electron chi connectivity index (χ3n) is 7.95. The lowest BCUT2D eigenvalue weighted by atomic mass is 9.74. The number of nitrogens with one attached hydrogen (secondary N) is 2. The van der Waals surface area contributed by atoms with E-state index < -0.39 is 11.1 Å². The molecular weight excluding hydrogens is 506 g/mol. The molecule has 0 bridgehead atoms. The van der Waals surface area contributed by atoms with Crippen LogP contribution < -0.4 is 10.6 Å². The van der Waals surface area contributed by atoms with E-state index in [0.29, 0.717) is 31.5 Å². The number of Topliss-reactive ketones (excluding diaryl/α,β-unsaturated/α-hetero) is 1. The molecule has 0 aromatic carbocycles. The van der Waals surface area contributed by atoms with Crippen molar-refractivity contribution in [3.63, 3.8) is 0 Å². The summed E-state index contributed by atoms with van der Waals surface area (Å²) in [6.07, 6.45) is 9.31. The molecule has 0 unspecified atom stereocenters. The molecule has 1 aromatic rings. The lowest BCUT2D eigenvalue weighted by molar-refractivity contribution is -0.157. The van der Waals surface area contributed by atoms with Gasteiger partial charge in [0.2, 0.25) is 11.7 Å². The zero-order valence-corrected chi connectivity index (χ0v) is 23.1. The zero-order chi connectivity index (χ0) is 27.2. The molecule has 10 nitrogen and oxygen atoms in total. The van der Waals surface area contributed by atoms with Crippen LogP contribution in [0.25, 0.3) is 0 Å². The first kappa shape index (κ1) is 28.4. The Balaban J connectivity index is 1.65. The number of thiazole rings is 1. The van der Waals surface area contributed by atoms with E-state index in [1.54, 1.807) is 17.7 Å². The van der Waals surface area contributed by atoms with Crippen molar-refractivity contribution in [3.05, 3.63) is 28.4 Å². The van der Waals surface area contributed by atoms with E-state index >= 15 is 0 Å². The van der Waals surface area contributed by atoms with Crippen LogP contribution in [0.4, 0.5) is 0 Å². The van der Waals surface area contributed by atoms with E-state index in [0.717, 1.165) is 37.1 Å². The summed E-state index contributed by atoms with van der Waals surface area (Å²) in [6.45, 7) is 4.75. The van der Waals surface area contributed by atoms with Gasteiger partial charge in [-0.05, 0) is 58.6 Å². The highest BCUT2D eigenvalue weighted by Crippen LogP contribution is 2.43. The number of ketones is 1. The predicted molar refractivity (Wildman–Crippen MR) is 145 cm³/mol. The van der Waals surface area contributed by atoms with Crippen molar-refractivity contribution in [3.8, 4) is 0 Å². The molecule has 1 aromatic heterocycles. The van der Waals surface area contributed by atoms with Crippen LogP contribution in [-0.4, -0.2) is 81.9 Å². The Morgan fingerprint density at radius 2 is 2.03 bits per heavy atom. The van der Waals surface area contributed by atoms with Crippen LogP contribution in [0.5, 0.6) is 0 Å². The summed E-state index contributed by atoms with van der Waals surface area (Å²) in [5, 5.41) is 18.5. The third-order valence-corrected chi connectivity index (χ3v) is 8.73. The summed E-state index contributed by atoms with van der Waals surface area (Å²) in [5.41, 5.74) is -1.35.